The van der Waals surface area contributed by atoms with Crippen molar-refractivity contribution in [1.29, 1.82) is 0 Å². The average molecular weight is 437 g/mol. The summed E-state index contributed by atoms with van der Waals surface area (Å²) >= 11 is 0. The Morgan fingerprint density at radius 3 is 2.66 bits per heavy atom. The van der Waals surface area contributed by atoms with Gasteiger partial charge in [0, 0.05) is 31.7 Å². The van der Waals surface area contributed by atoms with E-state index in [0.29, 0.717) is 18.7 Å². The van der Waals surface area contributed by atoms with E-state index in [-0.39, 0.29) is 5.91 Å². The molecule has 0 atom stereocenters. The molecule has 0 saturated heterocycles. The maximum absolute atomic E-state index is 13.7. The lowest BCUT2D eigenvalue weighted by Crippen LogP contribution is -2.32. The Labute approximate surface area is 190 Å². The molecule has 0 unspecified atom stereocenters. The fraction of sp³-hybridized carbons (Fsp3) is 0.385. The second-order valence-corrected chi connectivity index (χ2v) is 8.23. The molecule has 170 valence electrons. The number of fused-ring (bicyclic) bond motifs is 1. The van der Waals surface area contributed by atoms with Gasteiger partial charge in [-0.05, 0) is 55.8 Å². The first-order valence-electron chi connectivity index (χ1n) is 11.3. The van der Waals surface area contributed by atoms with Crippen molar-refractivity contribution in [2.75, 3.05) is 20.1 Å². The molecule has 5 nitrogen and oxygen atoms in total. The number of amides is 1. The minimum Gasteiger partial charge on any atom is -0.331 e. The number of benzene rings is 2. The smallest absolute Gasteiger partial charge is 0.254 e. The van der Waals surface area contributed by atoms with Crippen LogP contribution in [0, 0.1) is 5.82 Å². The van der Waals surface area contributed by atoms with Crippen molar-refractivity contribution in [1.82, 2.24) is 19.4 Å². The maximum Gasteiger partial charge on any atom is 0.254 e. The van der Waals surface area contributed by atoms with Crippen LogP contribution in [-0.2, 0) is 19.6 Å². The summed E-state index contributed by atoms with van der Waals surface area (Å²) in [4.78, 5) is 22.0. The van der Waals surface area contributed by atoms with Crippen molar-refractivity contribution >= 4 is 16.9 Å². The summed E-state index contributed by atoms with van der Waals surface area (Å²) < 4.78 is 15.9. The van der Waals surface area contributed by atoms with Gasteiger partial charge >= 0.3 is 0 Å². The minimum atomic E-state index is -0.403. The summed E-state index contributed by atoms with van der Waals surface area (Å²) in [5.74, 6) is 0.282. The van der Waals surface area contributed by atoms with Crippen molar-refractivity contribution in [2.24, 2.45) is 0 Å². The standard InChI is InChI=1S/C26H33FN4O/c1-5-13-29(4)18-20-11-12-24-23(16-20)28-25(31(24)15-7-3)19-30(14-6-2)26(32)21-9-8-10-22(27)17-21/h5,8-12,16-17H,1,6-7,13-15,18-19H2,2-4H3. The van der Waals surface area contributed by atoms with E-state index >= 15 is 0 Å². The number of carbonyl (C=O) groups excluding carboxylic acids is 1. The van der Waals surface area contributed by atoms with Crippen LogP contribution in [0.15, 0.2) is 55.1 Å². The molecule has 3 rings (SSSR count). The van der Waals surface area contributed by atoms with Gasteiger partial charge in [-0.25, -0.2) is 9.37 Å². The van der Waals surface area contributed by atoms with Gasteiger partial charge in [0.25, 0.3) is 5.91 Å². The van der Waals surface area contributed by atoms with Crippen LogP contribution in [-0.4, -0.2) is 45.4 Å². The van der Waals surface area contributed by atoms with E-state index in [4.69, 9.17) is 4.98 Å². The lowest BCUT2D eigenvalue weighted by Gasteiger charge is -2.22. The van der Waals surface area contributed by atoms with Crippen LogP contribution in [0.3, 0.4) is 0 Å². The van der Waals surface area contributed by atoms with Crippen molar-refractivity contribution < 1.29 is 9.18 Å². The summed E-state index contributed by atoms with van der Waals surface area (Å²) in [6, 6.07) is 12.3. The molecule has 2 aromatic carbocycles. The molecule has 0 radical (unpaired) electrons. The molecule has 32 heavy (non-hydrogen) atoms. The van der Waals surface area contributed by atoms with E-state index in [1.54, 1.807) is 17.0 Å². The Morgan fingerprint density at radius 2 is 1.97 bits per heavy atom. The number of hydrogen-bond acceptors (Lipinski definition) is 3. The molecule has 3 aromatic rings. The van der Waals surface area contributed by atoms with E-state index in [1.807, 2.05) is 13.0 Å². The number of hydrogen-bond donors (Lipinski definition) is 0. The van der Waals surface area contributed by atoms with Crippen molar-refractivity contribution in [3.05, 3.63) is 77.9 Å². The van der Waals surface area contributed by atoms with Gasteiger partial charge in [0.1, 0.15) is 11.6 Å². The Bertz CT molecular complexity index is 1070. The lowest BCUT2D eigenvalue weighted by molar-refractivity contribution is 0.0736. The second-order valence-electron chi connectivity index (χ2n) is 8.23. The first-order chi connectivity index (χ1) is 15.5. The molecule has 0 spiro atoms. The summed E-state index contributed by atoms with van der Waals surface area (Å²) in [5.41, 5.74) is 3.57. The van der Waals surface area contributed by atoms with E-state index in [1.165, 1.54) is 17.7 Å². The number of rotatable bonds is 11. The Kier molecular flexibility index (Phi) is 8.17. The largest absolute Gasteiger partial charge is 0.331 e. The molecule has 0 N–H and O–H groups in total. The zero-order valence-corrected chi connectivity index (χ0v) is 19.4. The van der Waals surface area contributed by atoms with Crippen LogP contribution < -0.4 is 0 Å². The maximum atomic E-state index is 13.7. The first kappa shape index (κ1) is 23.7. The molecule has 1 heterocycles. The lowest BCUT2D eigenvalue weighted by atomic mass is 10.2. The van der Waals surface area contributed by atoms with Gasteiger partial charge in [-0.15, -0.1) is 6.58 Å². The molecule has 6 heteroatoms. The number of aromatic nitrogens is 2. The highest BCUT2D eigenvalue weighted by molar-refractivity contribution is 5.94. The molecule has 0 aliphatic carbocycles. The number of aryl methyl sites for hydroxylation is 1. The third-order valence-corrected chi connectivity index (χ3v) is 5.42. The summed E-state index contributed by atoms with van der Waals surface area (Å²) in [6.45, 7) is 11.4. The van der Waals surface area contributed by atoms with Crippen molar-refractivity contribution in [2.45, 2.75) is 46.3 Å². The summed E-state index contributed by atoms with van der Waals surface area (Å²) in [5, 5.41) is 0. The molecule has 0 aliphatic heterocycles. The number of likely N-dealkylation sites (N-methyl/N-ethyl adjacent to an activating group) is 1. The van der Waals surface area contributed by atoms with Crippen LogP contribution in [0.5, 0.6) is 0 Å². The molecule has 0 aliphatic rings. The van der Waals surface area contributed by atoms with Gasteiger partial charge in [0.2, 0.25) is 0 Å². The third kappa shape index (κ3) is 5.62. The first-order valence-corrected chi connectivity index (χ1v) is 11.3. The predicted octanol–water partition coefficient (Wildman–Crippen LogP) is 5.26. The topological polar surface area (TPSA) is 41.4 Å². The van der Waals surface area contributed by atoms with Gasteiger partial charge in [-0.1, -0.05) is 32.1 Å². The number of nitrogens with zero attached hydrogens (tertiary/aromatic N) is 4. The highest BCUT2D eigenvalue weighted by Crippen LogP contribution is 2.21. The van der Waals surface area contributed by atoms with E-state index in [2.05, 4.69) is 48.2 Å². The van der Waals surface area contributed by atoms with Crippen LogP contribution in [0.2, 0.25) is 0 Å². The second kappa shape index (κ2) is 11.0. The Hall–Kier alpha value is -2.99. The fourth-order valence-electron chi connectivity index (χ4n) is 4.01. The van der Waals surface area contributed by atoms with Gasteiger partial charge in [-0.3, -0.25) is 9.69 Å². The van der Waals surface area contributed by atoms with Gasteiger partial charge in [-0.2, -0.15) is 0 Å². The normalized spacial score (nSPS) is 11.3. The molecule has 1 aromatic heterocycles. The van der Waals surface area contributed by atoms with Crippen LogP contribution in [0.4, 0.5) is 4.39 Å². The quantitative estimate of drug-likeness (QED) is 0.385. The third-order valence-electron chi connectivity index (χ3n) is 5.42. The highest BCUT2D eigenvalue weighted by atomic mass is 19.1. The summed E-state index contributed by atoms with van der Waals surface area (Å²) in [6.07, 6.45) is 3.67. The number of imidazole rings is 1. The van der Waals surface area contributed by atoms with E-state index in [0.717, 1.165) is 49.3 Å². The molecule has 0 bridgehead atoms. The van der Waals surface area contributed by atoms with Gasteiger partial charge < -0.3 is 9.47 Å². The Morgan fingerprint density at radius 1 is 1.16 bits per heavy atom. The zero-order valence-electron chi connectivity index (χ0n) is 19.4. The van der Waals surface area contributed by atoms with Gasteiger partial charge in [0.15, 0.2) is 0 Å². The fourth-order valence-corrected chi connectivity index (χ4v) is 4.01. The van der Waals surface area contributed by atoms with Crippen LogP contribution >= 0.6 is 0 Å². The minimum absolute atomic E-state index is 0.173. The SMILES string of the molecule is C=CCN(C)Cc1ccc2c(c1)nc(CN(CCC)C(=O)c1cccc(F)c1)n2CCC. The molecule has 1 amide bonds. The molecular formula is C26H33FN4O. The van der Waals surface area contributed by atoms with E-state index < -0.39 is 5.82 Å². The molecular weight excluding hydrogens is 403 g/mol. The molecule has 0 saturated carbocycles. The van der Waals surface area contributed by atoms with E-state index in [9.17, 15) is 9.18 Å². The average Bonchev–Trinajstić information content (AvgIpc) is 3.09. The van der Waals surface area contributed by atoms with Crippen LogP contribution in [0.1, 0.15) is 48.4 Å². The number of carbonyl (C=O) groups is 1. The highest BCUT2D eigenvalue weighted by Gasteiger charge is 2.20. The molecule has 0 fully saturated rings. The monoisotopic (exact) mass is 436 g/mol. The number of halogens is 1. The van der Waals surface area contributed by atoms with Crippen LogP contribution in [0.25, 0.3) is 11.0 Å². The zero-order chi connectivity index (χ0) is 23.1. The van der Waals surface area contributed by atoms with Gasteiger partial charge in [0.05, 0.1) is 17.6 Å². The van der Waals surface area contributed by atoms with Crippen molar-refractivity contribution in [3.63, 3.8) is 0 Å². The summed E-state index contributed by atoms with van der Waals surface area (Å²) in [7, 11) is 2.06. The Balaban J connectivity index is 1.92. The predicted molar refractivity (Wildman–Crippen MR) is 128 cm³/mol. The van der Waals surface area contributed by atoms with Crippen molar-refractivity contribution in [3.8, 4) is 0 Å².